The maximum Gasteiger partial charge on any atom is 0.471 e. The van der Waals surface area contributed by atoms with Crippen LogP contribution < -0.4 is 9.16 Å². The third-order valence-electron chi connectivity index (χ3n) is 5.91. The maximum absolute atomic E-state index is 13.2. The Labute approximate surface area is 194 Å². The second kappa shape index (κ2) is 10.1. The second-order valence-electron chi connectivity index (χ2n) is 9.49. The molecule has 0 aliphatic rings. The number of alkyl halides is 3. The van der Waals surface area contributed by atoms with Crippen LogP contribution in [0.15, 0.2) is 42.5 Å². The number of methoxy groups -OCH3 is 1. The van der Waals surface area contributed by atoms with Crippen LogP contribution in [0.3, 0.4) is 0 Å². The molecule has 0 fully saturated rings. The maximum atomic E-state index is 13.2. The van der Waals surface area contributed by atoms with E-state index in [0.717, 1.165) is 4.90 Å². The number of halogens is 3. The van der Waals surface area contributed by atoms with E-state index in [1.54, 1.807) is 30.3 Å². The van der Waals surface area contributed by atoms with Crippen molar-refractivity contribution in [1.82, 2.24) is 4.90 Å². The fraction of sp³-hybridized carbons (Fsp3) is 0.458. The Morgan fingerprint density at radius 3 is 2.09 bits per heavy atom. The molecule has 0 aliphatic heterocycles. The fourth-order valence-electron chi connectivity index (χ4n) is 2.90. The van der Waals surface area contributed by atoms with Gasteiger partial charge in [0.2, 0.25) is 0 Å². The zero-order chi connectivity index (χ0) is 25.0. The molecule has 0 bridgehead atoms. The van der Waals surface area contributed by atoms with Crippen LogP contribution in [0.25, 0.3) is 0 Å². The molecule has 0 aromatic heterocycles. The number of phenolic OH excluding ortho intramolecular Hbond substituents is 1. The van der Waals surface area contributed by atoms with Crippen molar-refractivity contribution in [3.05, 3.63) is 53.6 Å². The first-order chi connectivity index (χ1) is 15.1. The molecular formula is C24H32F3NO4Si. The van der Waals surface area contributed by atoms with Gasteiger partial charge in [-0.05, 0) is 59.9 Å². The standard InChI is InChI=1S/C24H32F3NO4Si/c1-23(2,3)33(5,6)32-20-12-9-18(15-21(20)31-4)16-28(22(30)24(25,26)27)14-13-17-7-10-19(29)11-8-17/h7-12,15,29H,13-14,16H2,1-6H3. The van der Waals surface area contributed by atoms with E-state index in [-0.39, 0.29) is 30.3 Å². The molecule has 1 N–H and O–H groups in total. The monoisotopic (exact) mass is 483 g/mol. The molecule has 1 amide bonds. The van der Waals surface area contributed by atoms with Gasteiger partial charge in [-0.25, -0.2) is 0 Å². The zero-order valence-electron chi connectivity index (χ0n) is 19.9. The van der Waals surface area contributed by atoms with Gasteiger partial charge in [0.1, 0.15) is 11.5 Å². The predicted molar refractivity (Wildman–Crippen MR) is 124 cm³/mol. The first-order valence-electron chi connectivity index (χ1n) is 10.6. The molecule has 0 heterocycles. The zero-order valence-corrected chi connectivity index (χ0v) is 20.9. The molecule has 0 saturated carbocycles. The Morgan fingerprint density at radius 1 is 1.00 bits per heavy atom. The third-order valence-corrected chi connectivity index (χ3v) is 10.3. The summed E-state index contributed by atoms with van der Waals surface area (Å²) in [6.07, 6.45) is -4.77. The average molecular weight is 484 g/mol. The van der Waals surface area contributed by atoms with Gasteiger partial charge in [0.15, 0.2) is 5.75 Å². The van der Waals surface area contributed by atoms with E-state index in [0.29, 0.717) is 22.6 Å². The molecule has 0 unspecified atom stereocenters. The van der Waals surface area contributed by atoms with E-state index in [1.807, 2.05) is 0 Å². The molecule has 2 aromatic carbocycles. The molecule has 9 heteroatoms. The van der Waals surface area contributed by atoms with Gasteiger partial charge in [0.05, 0.1) is 7.11 Å². The van der Waals surface area contributed by atoms with Crippen LogP contribution in [-0.4, -0.2) is 44.1 Å². The summed E-state index contributed by atoms with van der Waals surface area (Å²) in [5.74, 6) is -0.892. The van der Waals surface area contributed by atoms with Crippen molar-refractivity contribution in [3.8, 4) is 17.2 Å². The number of aromatic hydroxyl groups is 1. The van der Waals surface area contributed by atoms with Crippen molar-refractivity contribution in [2.75, 3.05) is 13.7 Å². The number of benzene rings is 2. The number of carbonyl (C=O) groups excluding carboxylic acids is 1. The molecule has 0 atom stereocenters. The van der Waals surface area contributed by atoms with Gasteiger partial charge in [-0.15, -0.1) is 0 Å². The van der Waals surface area contributed by atoms with Crippen molar-refractivity contribution >= 4 is 14.2 Å². The average Bonchev–Trinajstić information content (AvgIpc) is 2.71. The van der Waals surface area contributed by atoms with Crippen LogP contribution in [0.1, 0.15) is 31.9 Å². The topological polar surface area (TPSA) is 59.0 Å². The van der Waals surface area contributed by atoms with Crippen molar-refractivity contribution in [3.63, 3.8) is 0 Å². The van der Waals surface area contributed by atoms with Crippen molar-refractivity contribution < 1.29 is 32.2 Å². The quantitative estimate of drug-likeness (QED) is 0.474. The van der Waals surface area contributed by atoms with Crippen LogP contribution in [0.4, 0.5) is 13.2 Å². The lowest BCUT2D eigenvalue weighted by Crippen LogP contribution is -2.44. The molecule has 182 valence electrons. The largest absolute Gasteiger partial charge is 0.541 e. The summed E-state index contributed by atoms with van der Waals surface area (Å²) in [4.78, 5) is 12.8. The number of ether oxygens (including phenoxy) is 1. The normalized spacial score (nSPS) is 12.4. The third kappa shape index (κ3) is 7.15. The predicted octanol–water partition coefficient (Wildman–Crippen LogP) is 5.92. The lowest BCUT2D eigenvalue weighted by Gasteiger charge is -2.36. The molecule has 5 nitrogen and oxygen atoms in total. The van der Waals surface area contributed by atoms with Gasteiger partial charge in [0.25, 0.3) is 8.32 Å². The van der Waals surface area contributed by atoms with Crippen molar-refractivity contribution in [2.45, 2.75) is 58.0 Å². The van der Waals surface area contributed by atoms with E-state index >= 15 is 0 Å². The van der Waals surface area contributed by atoms with Crippen LogP contribution in [-0.2, 0) is 17.8 Å². The highest BCUT2D eigenvalue weighted by atomic mass is 28.4. The Bertz CT molecular complexity index is 954. The minimum atomic E-state index is -4.98. The molecule has 0 saturated heterocycles. The SMILES string of the molecule is COc1cc(CN(CCc2ccc(O)cc2)C(=O)C(F)(F)F)ccc1O[Si](C)(C)C(C)(C)C. The second-order valence-corrected chi connectivity index (χ2v) is 14.2. The summed E-state index contributed by atoms with van der Waals surface area (Å²) in [7, 11) is -0.678. The molecule has 0 aliphatic carbocycles. The Hall–Kier alpha value is -2.68. The molecule has 0 radical (unpaired) electrons. The van der Waals surface area contributed by atoms with Gasteiger partial charge in [0, 0.05) is 13.1 Å². The molecule has 33 heavy (non-hydrogen) atoms. The highest BCUT2D eigenvalue weighted by molar-refractivity contribution is 6.74. The van der Waals surface area contributed by atoms with Crippen LogP contribution in [0.2, 0.25) is 18.1 Å². The number of hydrogen-bond donors (Lipinski definition) is 1. The fourth-order valence-corrected chi connectivity index (χ4v) is 3.93. The number of carbonyl (C=O) groups is 1. The molecule has 2 aromatic rings. The molecular weight excluding hydrogens is 451 g/mol. The molecule has 0 spiro atoms. The van der Waals surface area contributed by atoms with Gasteiger partial charge in [-0.3, -0.25) is 4.79 Å². The number of hydrogen-bond acceptors (Lipinski definition) is 4. The van der Waals surface area contributed by atoms with Crippen molar-refractivity contribution in [2.24, 2.45) is 0 Å². The van der Waals surface area contributed by atoms with Crippen molar-refractivity contribution in [1.29, 1.82) is 0 Å². The Balaban J connectivity index is 2.25. The number of nitrogens with zero attached hydrogens (tertiary/aromatic N) is 1. The number of amides is 1. The summed E-state index contributed by atoms with van der Waals surface area (Å²) < 4.78 is 51.4. The first kappa shape index (κ1) is 26.6. The summed E-state index contributed by atoms with van der Waals surface area (Å²) in [5, 5.41) is 9.34. The van der Waals surface area contributed by atoms with E-state index in [1.165, 1.54) is 19.2 Å². The van der Waals surface area contributed by atoms with E-state index in [2.05, 4.69) is 33.9 Å². The van der Waals surface area contributed by atoms with Crippen LogP contribution >= 0.6 is 0 Å². The highest BCUT2D eigenvalue weighted by Crippen LogP contribution is 2.40. The summed E-state index contributed by atoms with van der Waals surface area (Å²) in [6, 6.07) is 11.1. The van der Waals surface area contributed by atoms with Gasteiger partial charge in [-0.2, -0.15) is 13.2 Å². The first-order valence-corrected chi connectivity index (χ1v) is 13.5. The van der Waals surface area contributed by atoms with E-state index < -0.39 is 20.4 Å². The lowest BCUT2D eigenvalue weighted by atomic mass is 10.1. The number of phenols is 1. The minimum absolute atomic E-state index is 0.0408. The van der Waals surface area contributed by atoms with Gasteiger partial charge < -0.3 is 19.2 Å². The van der Waals surface area contributed by atoms with Crippen LogP contribution in [0.5, 0.6) is 17.2 Å². The molecule has 2 rings (SSSR count). The summed E-state index contributed by atoms with van der Waals surface area (Å²) >= 11 is 0. The van der Waals surface area contributed by atoms with E-state index in [9.17, 15) is 23.1 Å². The minimum Gasteiger partial charge on any atom is -0.541 e. The Morgan fingerprint density at radius 2 is 1.58 bits per heavy atom. The summed E-state index contributed by atoms with van der Waals surface area (Å²) in [5.41, 5.74) is 1.21. The van der Waals surface area contributed by atoms with Gasteiger partial charge in [-0.1, -0.05) is 39.0 Å². The smallest absolute Gasteiger partial charge is 0.471 e. The van der Waals surface area contributed by atoms with Gasteiger partial charge >= 0.3 is 12.1 Å². The lowest BCUT2D eigenvalue weighted by molar-refractivity contribution is -0.186. The number of rotatable bonds is 8. The highest BCUT2D eigenvalue weighted by Gasteiger charge is 2.42. The summed E-state index contributed by atoms with van der Waals surface area (Å²) in [6.45, 7) is 10.1. The Kier molecular flexibility index (Phi) is 8.11. The van der Waals surface area contributed by atoms with E-state index in [4.69, 9.17) is 9.16 Å². The van der Waals surface area contributed by atoms with Crippen LogP contribution in [0, 0.1) is 0 Å².